The maximum atomic E-state index is 15.7. The van der Waals surface area contributed by atoms with E-state index in [0.717, 1.165) is 37.1 Å². The van der Waals surface area contributed by atoms with Crippen molar-refractivity contribution >= 4 is 55.9 Å². The predicted molar refractivity (Wildman–Crippen MR) is 138 cm³/mol. The van der Waals surface area contributed by atoms with E-state index in [0.29, 0.717) is 31.0 Å². The average molecular weight is 527 g/mol. The Hall–Kier alpha value is -2.85. The Kier molecular flexibility index (Phi) is 6.03. The Balaban J connectivity index is 1.43. The zero-order valence-electron chi connectivity index (χ0n) is 19.4. The third-order valence-electron chi connectivity index (χ3n) is 6.90. The fourth-order valence-corrected chi connectivity index (χ4v) is 6.48. The lowest BCUT2D eigenvalue weighted by Crippen LogP contribution is -2.45. The molecule has 0 spiro atoms. The number of carbonyl (C=O) groups excluding carboxylic acids is 2. The Bertz CT molecular complexity index is 1480. The van der Waals surface area contributed by atoms with E-state index in [1.807, 2.05) is 41.1 Å². The molecule has 0 radical (unpaired) electrons. The van der Waals surface area contributed by atoms with Crippen molar-refractivity contribution in [2.24, 2.45) is 0 Å². The van der Waals surface area contributed by atoms with Crippen molar-refractivity contribution in [3.05, 3.63) is 52.6 Å². The molecule has 2 fully saturated rings. The highest BCUT2D eigenvalue weighted by atomic mass is 35.5. The molecule has 0 unspecified atom stereocenters. The molecule has 4 aromatic rings. The van der Waals surface area contributed by atoms with E-state index in [1.54, 1.807) is 6.20 Å². The minimum absolute atomic E-state index is 0.0935. The van der Waals surface area contributed by atoms with Gasteiger partial charge in [0.1, 0.15) is 18.9 Å². The Labute approximate surface area is 215 Å². The number of ether oxygens (including phenoxy) is 1. The summed E-state index contributed by atoms with van der Waals surface area (Å²) in [7, 11) is 0. The number of halogens is 2. The van der Waals surface area contributed by atoms with Crippen LogP contribution < -0.4 is 5.32 Å². The highest BCUT2D eigenvalue weighted by Crippen LogP contribution is 2.40. The van der Waals surface area contributed by atoms with Crippen LogP contribution >= 0.6 is 22.9 Å². The number of piperidine rings is 1. The SMILES string of the molecule is O=C1COCC(=O)N1Cc1cc2nccc(-c3cc(Cl)cc4ccn(CC5(F)CCNCC5)c34)c2s1. The number of amides is 2. The van der Waals surface area contributed by atoms with Gasteiger partial charge >= 0.3 is 0 Å². The molecule has 3 aromatic heterocycles. The van der Waals surface area contributed by atoms with Crippen molar-refractivity contribution in [1.82, 2.24) is 19.8 Å². The molecule has 2 amide bonds. The second-order valence-corrected chi connectivity index (χ2v) is 11.0. The zero-order chi connectivity index (χ0) is 24.9. The van der Waals surface area contributed by atoms with Crippen LogP contribution in [0.4, 0.5) is 4.39 Å². The van der Waals surface area contributed by atoms with Gasteiger partial charge in [-0.05, 0) is 56.3 Å². The summed E-state index contributed by atoms with van der Waals surface area (Å²) in [5.74, 6) is -0.686. The molecule has 0 bridgehead atoms. The van der Waals surface area contributed by atoms with Crippen LogP contribution in [0.2, 0.25) is 5.02 Å². The third-order valence-corrected chi connectivity index (χ3v) is 8.26. The Morgan fingerprint density at radius 3 is 2.67 bits per heavy atom. The van der Waals surface area contributed by atoms with Crippen LogP contribution in [0.15, 0.2) is 42.7 Å². The van der Waals surface area contributed by atoms with Crippen molar-refractivity contribution in [3.8, 4) is 11.1 Å². The summed E-state index contributed by atoms with van der Waals surface area (Å²) in [6.07, 6.45) is 4.62. The van der Waals surface area contributed by atoms with Gasteiger partial charge in [0.25, 0.3) is 11.8 Å². The van der Waals surface area contributed by atoms with Crippen molar-refractivity contribution in [1.29, 1.82) is 0 Å². The molecule has 7 nitrogen and oxygen atoms in total. The standard InChI is InChI=1S/C26H24ClFN4O3S/c27-17-9-16-2-8-31(15-26(28)3-6-29-7-4-26)24(16)20(10-17)19-1-5-30-21-11-18(36-25(19)21)12-32-22(33)13-35-14-23(32)34/h1-2,5,8-11,29H,3-4,6-7,12-15H2. The topological polar surface area (TPSA) is 76.5 Å². The van der Waals surface area contributed by atoms with Crippen LogP contribution in [0.3, 0.4) is 0 Å². The van der Waals surface area contributed by atoms with Gasteiger partial charge in [-0.2, -0.15) is 0 Å². The summed E-state index contributed by atoms with van der Waals surface area (Å²) < 4.78 is 23.6. The zero-order valence-corrected chi connectivity index (χ0v) is 21.0. The number of benzene rings is 1. The van der Waals surface area contributed by atoms with Crippen molar-refractivity contribution < 1.29 is 18.7 Å². The monoisotopic (exact) mass is 526 g/mol. The number of hydrogen-bond acceptors (Lipinski definition) is 6. The molecule has 10 heteroatoms. The molecule has 36 heavy (non-hydrogen) atoms. The molecule has 0 atom stereocenters. The number of imide groups is 1. The van der Waals surface area contributed by atoms with E-state index >= 15 is 4.39 Å². The van der Waals surface area contributed by atoms with Gasteiger partial charge in [-0.3, -0.25) is 19.5 Å². The van der Waals surface area contributed by atoms with Crippen molar-refractivity contribution in [2.45, 2.75) is 31.6 Å². The number of rotatable bonds is 5. The number of hydrogen-bond donors (Lipinski definition) is 1. The number of aromatic nitrogens is 2. The van der Waals surface area contributed by atoms with Crippen molar-refractivity contribution in [2.75, 3.05) is 26.3 Å². The summed E-state index contributed by atoms with van der Waals surface area (Å²) in [5, 5.41) is 4.77. The predicted octanol–water partition coefficient (Wildman–Crippen LogP) is 4.55. The van der Waals surface area contributed by atoms with Gasteiger partial charge in [0.15, 0.2) is 0 Å². The first-order chi connectivity index (χ1) is 17.4. The van der Waals surface area contributed by atoms with Gasteiger partial charge < -0.3 is 14.6 Å². The lowest BCUT2D eigenvalue weighted by molar-refractivity contribution is -0.159. The molecular weight excluding hydrogens is 503 g/mol. The number of thiophene rings is 1. The third kappa shape index (κ3) is 4.30. The van der Waals surface area contributed by atoms with Gasteiger partial charge in [0.05, 0.1) is 28.8 Å². The molecule has 186 valence electrons. The van der Waals surface area contributed by atoms with Crippen LogP contribution in [-0.4, -0.2) is 58.2 Å². The number of morpholine rings is 1. The summed E-state index contributed by atoms with van der Waals surface area (Å²) in [6.45, 7) is 1.61. The van der Waals surface area contributed by atoms with Crippen LogP contribution in [0.1, 0.15) is 17.7 Å². The van der Waals surface area contributed by atoms with Gasteiger partial charge in [0.2, 0.25) is 0 Å². The quantitative estimate of drug-likeness (QED) is 0.386. The van der Waals surface area contributed by atoms with Gasteiger partial charge in [0, 0.05) is 38.8 Å². The van der Waals surface area contributed by atoms with Crippen LogP contribution in [-0.2, 0) is 27.4 Å². The molecule has 2 saturated heterocycles. The maximum absolute atomic E-state index is 15.7. The molecule has 5 heterocycles. The first kappa shape index (κ1) is 23.5. The number of carbonyl (C=O) groups is 2. The summed E-state index contributed by atoms with van der Waals surface area (Å²) >= 11 is 8.01. The lowest BCUT2D eigenvalue weighted by atomic mass is 9.94. The fourth-order valence-electron chi connectivity index (χ4n) is 5.12. The Morgan fingerprint density at radius 2 is 1.89 bits per heavy atom. The summed E-state index contributed by atoms with van der Waals surface area (Å²) in [4.78, 5) is 31.0. The highest BCUT2D eigenvalue weighted by molar-refractivity contribution is 7.19. The molecule has 2 aliphatic heterocycles. The van der Waals surface area contributed by atoms with Crippen LogP contribution in [0.25, 0.3) is 32.2 Å². The average Bonchev–Trinajstić information content (AvgIpc) is 3.44. The fraction of sp³-hybridized carbons (Fsp3) is 0.346. The van der Waals surface area contributed by atoms with E-state index in [9.17, 15) is 9.59 Å². The molecule has 0 saturated carbocycles. The van der Waals surface area contributed by atoms with Gasteiger partial charge in [-0.15, -0.1) is 11.3 Å². The number of alkyl halides is 1. The van der Waals surface area contributed by atoms with E-state index in [4.69, 9.17) is 16.3 Å². The maximum Gasteiger partial charge on any atom is 0.255 e. The molecule has 1 N–H and O–H groups in total. The van der Waals surface area contributed by atoms with E-state index in [-0.39, 0.29) is 38.1 Å². The molecular formula is C26H24ClFN4O3S. The van der Waals surface area contributed by atoms with Gasteiger partial charge in [-0.25, -0.2) is 4.39 Å². The van der Waals surface area contributed by atoms with Crippen molar-refractivity contribution in [3.63, 3.8) is 0 Å². The second-order valence-electron chi connectivity index (χ2n) is 9.39. The van der Waals surface area contributed by atoms with Gasteiger partial charge in [-0.1, -0.05) is 11.6 Å². The highest BCUT2D eigenvalue weighted by Gasteiger charge is 2.33. The molecule has 2 aliphatic rings. The van der Waals surface area contributed by atoms with E-state index < -0.39 is 5.67 Å². The van der Waals surface area contributed by atoms with Crippen LogP contribution in [0.5, 0.6) is 0 Å². The number of pyridine rings is 1. The smallest absolute Gasteiger partial charge is 0.255 e. The van der Waals surface area contributed by atoms with Crippen LogP contribution in [0, 0.1) is 0 Å². The second kappa shape index (κ2) is 9.23. The summed E-state index contributed by atoms with van der Waals surface area (Å²) in [6, 6.07) is 9.63. The minimum atomic E-state index is -1.27. The normalized spacial score (nSPS) is 18.4. The van der Waals surface area contributed by atoms with E-state index in [1.165, 1.54) is 16.2 Å². The molecule has 6 rings (SSSR count). The Morgan fingerprint density at radius 1 is 1.11 bits per heavy atom. The number of nitrogens with one attached hydrogen (secondary N) is 1. The minimum Gasteiger partial charge on any atom is -0.362 e. The number of nitrogens with zero attached hydrogens (tertiary/aromatic N) is 3. The molecule has 0 aliphatic carbocycles. The summed E-state index contributed by atoms with van der Waals surface area (Å²) in [5.41, 5.74) is 2.26. The number of fused-ring (bicyclic) bond motifs is 2. The first-order valence-corrected chi connectivity index (χ1v) is 13.1. The lowest BCUT2D eigenvalue weighted by Gasteiger charge is -2.31. The molecule has 1 aromatic carbocycles. The van der Waals surface area contributed by atoms with E-state index in [2.05, 4.69) is 10.3 Å². The first-order valence-electron chi connectivity index (χ1n) is 11.9. The largest absolute Gasteiger partial charge is 0.362 e.